The molecule has 0 aromatic rings. The molecule has 3 heteroatoms. The SMILES string of the molecule is CCCN1CCC2(CC1)CCN(CCCC=O)CC2. The van der Waals surface area contributed by atoms with Gasteiger partial charge in [-0.15, -0.1) is 0 Å². The number of piperidine rings is 2. The van der Waals surface area contributed by atoms with E-state index in [1.807, 2.05) is 0 Å². The molecule has 0 saturated carbocycles. The zero-order chi connectivity index (χ0) is 13.6. The van der Waals surface area contributed by atoms with Gasteiger partial charge in [0.05, 0.1) is 0 Å². The van der Waals surface area contributed by atoms with E-state index in [9.17, 15) is 4.79 Å². The van der Waals surface area contributed by atoms with Gasteiger partial charge in [0.1, 0.15) is 6.29 Å². The fraction of sp³-hybridized carbons (Fsp3) is 0.938. The lowest BCUT2D eigenvalue weighted by Crippen LogP contribution is -2.47. The van der Waals surface area contributed by atoms with E-state index < -0.39 is 0 Å². The Bertz CT molecular complexity index is 262. The van der Waals surface area contributed by atoms with Crippen LogP contribution in [0.5, 0.6) is 0 Å². The molecule has 0 amide bonds. The van der Waals surface area contributed by atoms with Gasteiger partial charge in [0.15, 0.2) is 0 Å². The first kappa shape index (κ1) is 15.0. The van der Waals surface area contributed by atoms with Gasteiger partial charge in [-0.3, -0.25) is 0 Å². The molecule has 2 heterocycles. The zero-order valence-corrected chi connectivity index (χ0v) is 12.6. The molecule has 2 saturated heterocycles. The third-order valence-corrected chi connectivity index (χ3v) is 5.17. The largest absolute Gasteiger partial charge is 0.303 e. The van der Waals surface area contributed by atoms with Crippen LogP contribution in [0.15, 0.2) is 0 Å². The third kappa shape index (κ3) is 4.28. The Labute approximate surface area is 118 Å². The van der Waals surface area contributed by atoms with E-state index >= 15 is 0 Å². The summed E-state index contributed by atoms with van der Waals surface area (Å²) < 4.78 is 0. The molecule has 2 aliphatic rings. The minimum Gasteiger partial charge on any atom is -0.303 e. The lowest BCUT2D eigenvalue weighted by molar-refractivity contribution is -0.108. The Morgan fingerprint density at radius 1 is 0.947 bits per heavy atom. The van der Waals surface area contributed by atoms with Gasteiger partial charge >= 0.3 is 0 Å². The second kappa shape index (κ2) is 7.39. The minimum absolute atomic E-state index is 0.658. The summed E-state index contributed by atoms with van der Waals surface area (Å²) in [6.45, 7) is 9.84. The highest BCUT2D eigenvalue weighted by Gasteiger charge is 2.36. The number of hydrogen-bond donors (Lipinski definition) is 0. The van der Waals surface area contributed by atoms with E-state index in [2.05, 4.69) is 16.7 Å². The average molecular weight is 266 g/mol. The van der Waals surface area contributed by atoms with Crippen molar-refractivity contribution in [2.24, 2.45) is 5.41 Å². The Morgan fingerprint density at radius 2 is 1.47 bits per heavy atom. The number of likely N-dealkylation sites (tertiary alicyclic amines) is 2. The molecule has 0 N–H and O–H groups in total. The van der Waals surface area contributed by atoms with E-state index in [0.717, 1.165) is 25.7 Å². The Morgan fingerprint density at radius 3 is 1.95 bits per heavy atom. The molecule has 2 fully saturated rings. The first-order valence-electron chi connectivity index (χ1n) is 8.16. The maximum Gasteiger partial charge on any atom is 0.120 e. The van der Waals surface area contributed by atoms with E-state index in [-0.39, 0.29) is 0 Å². The van der Waals surface area contributed by atoms with E-state index in [1.54, 1.807) is 0 Å². The summed E-state index contributed by atoms with van der Waals surface area (Å²) in [5, 5.41) is 0. The molecule has 3 nitrogen and oxygen atoms in total. The number of nitrogens with zero attached hydrogens (tertiary/aromatic N) is 2. The molecule has 0 bridgehead atoms. The highest BCUT2D eigenvalue weighted by molar-refractivity contribution is 5.48. The quantitative estimate of drug-likeness (QED) is 0.545. The molecule has 19 heavy (non-hydrogen) atoms. The molecule has 1 spiro atoms. The number of rotatable bonds is 6. The number of unbranched alkanes of at least 4 members (excludes halogenated alkanes) is 1. The molecule has 0 aliphatic carbocycles. The Kier molecular flexibility index (Phi) is 5.83. The van der Waals surface area contributed by atoms with E-state index in [0.29, 0.717) is 5.41 Å². The summed E-state index contributed by atoms with van der Waals surface area (Å²) in [6.07, 6.45) is 9.70. The first-order valence-corrected chi connectivity index (χ1v) is 8.16. The normalized spacial score (nSPS) is 24.7. The molecule has 110 valence electrons. The highest BCUT2D eigenvalue weighted by atomic mass is 16.1. The first-order chi connectivity index (χ1) is 9.28. The van der Waals surface area contributed by atoms with Gasteiger partial charge in [0.25, 0.3) is 0 Å². The summed E-state index contributed by atoms with van der Waals surface area (Å²) in [5.41, 5.74) is 0.658. The van der Waals surface area contributed by atoms with Crippen molar-refractivity contribution in [3.63, 3.8) is 0 Å². The topological polar surface area (TPSA) is 23.6 Å². The van der Waals surface area contributed by atoms with Gasteiger partial charge < -0.3 is 14.6 Å². The van der Waals surface area contributed by atoms with Gasteiger partial charge in [0, 0.05) is 6.42 Å². The van der Waals surface area contributed by atoms with Crippen molar-refractivity contribution >= 4 is 6.29 Å². The molecule has 0 atom stereocenters. The maximum absolute atomic E-state index is 10.3. The van der Waals surface area contributed by atoms with Crippen molar-refractivity contribution < 1.29 is 4.79 Å². The fourth-order valence-electron chi connectivity index (χ4n) is 3.72. The zero-order valence-electron chi connectivity index (χ0n) is 12.6. The molecule has 0 radical (unpaired) electrons. The van der Waals surface area contributed by atoms with Crippen LogP contribution in [0.1, 0.15) is 51.9 Å². The van der Waals surface area contributed by atoms with Crippen molar-refractivity contribution in [3.05, 3.63) is 0 Å². The Hall–Kier alpha value is -0.410. The van der Waals surface area contributed by atoms with Crippen LogP contribution in [0.3, 0.4) is 0 Å². The number of aldehydes is 1. The standard InChI is InChI=1S/C16H30N2O/c1-2-9-17-11-5-16(6-12-17)7-13-18(14-8-16)10-3-4-15-19/h15H,2-14H2,1H3. The van der Waals surface area contributed by atoms with Crippen LogP contribution in [-0.2, 0) is 4.79 Å². The van der Waals surface area contributed by atoms with Gasteiger partial charge in [0.2, 0.25) is 0 Å². The summed E-state index contributed by atoms with van der Waals surface area (Å²) in [5.74, 6) is 0. The molecule has 2 aliphatic heterocycles. The van der Waals surface area contributed by atoms with Crippen molar-refractivity contribution in [1.29, 1.82) is 0 Å². The number of hydrogen-bond acceptors (Lipinski definition) is 3. The molecule has 0 aromatic carbocycles. The van der Waals surface area contributed by atoms with Crippen LogP contribution in [0.2, 0.25) is 0 Å². The van der Waals surface area contributed by atoms with Crippen LogP contribution in [0.4, 0.5) is 0 Å². The number of carbonyl (C=O) groups is 1. The van der Waals surface area contributed by atoms with Gasteiger partial charge in [-0.2, -0.15) is 0 Å². The fourth-order valence-corrected chi connectivity index (χ4v) is 3.72. The van der Waals surface area contributed by atoms with Gasteiger partial charge in [-0.05, 0) is 83.2 Å². The van der Waals surface area contributed by atoms with E-state index in [4.69, 9.17) is 0 Å². The highest BCUT2D eigenvalue weighted by Crippen LogP contribution is 2.41. The summed E-state index contributed by atoms with van der Waals surface area (Å²) in [4.78, 5) is 15.6. The van der Waals surface area contributed by atoms with Crippen LogP contribution >= 0.6 is 0 Å². The molecule has 2 rings (SSSR count). The van der Waals surface area contributed by atoms with Crippen molar-refractivity contribution in [2.45, 2.75) is 51.9 Å². The molecule has 0 unspecified atom stereocenters. The lowest BCUT2D eigenvalue weighted by atomic mass is 9.71. The predicted octanol–water partition coefficient (Wildman–Crippen LogP) is 2.55. The second-order valence-electron chi connectivity index (χ2n) is 6.49. The van der Waals surface area contributed by atoms with Gasteiger partial charge in [-0.25, -0.2) is 0 Å². The average Bonchev–Trinajstić information content (AvgIpc) is 2.45. The van der Waals surface area contributed by atoms with Crippen molar-refractivity contribution in [1.82, 2.24) is 9.80 Å². The molecular weight excluding hydrogens is 236 g/mol. The van der Waals surface area contributed by atoms with Crippen molar-refractivity contribution in [3.8, 4) is 0 Å². The maximum atomic E-state index is 10.3. The molecular formula is C16H30N2O. The summed E-state index contributed by atoms with van der Waals surface area (Å²) >= 11 is 0. The Balaban J connectivity index is 1.69. The second-order valence-corrected chi connectivity index (χ2v) is 6.49. The van der Waals surface area contributed by atoms with E-state index in [1.165, 1.54) is 64.8 Å². The minimum atomic E-state index is 0.658. The summed E-state index contributed by atoms with van der Waals surface area (Å²) in [7, 11) is 0. The monoisotopic (exact) mass is 266 g/mol. The number of carbonyl (C=O) groups excluding carboxylic acids is 1. The van der Waals surface area contributed by atoms with Gasteiger partial charge in [-0.1, -0.05) is 6.92 Å². The van der Waals surface area contributed by atoms with Crippen LogP contribution in [0.25, 0.3) is 0 Å². The smallest absolute Gasteiger partial charge is 0.120 e. The predicted molar refractivity (Wildman–Crippen MR) is 79.4 cm³/mol. The van der Waals surface area contributed by atoms with Crippen LogP contribution in [-0.4, -0.2) is 55.4 Å². The molecule has 0 aromatic heterocycles. The van der Waals surface area contributed by atoms with Crippen LogP contribution < -0.4 is 0 Å². The summed E-state index contributed by atoms with van der Waals surface area (Å²) in [6, 6.07) is 0. The van der Waals surface area contributed by atoms with Crippen molar-refractivity contribution in [2.75, 3.05) is 39.3 Å². The van der Waals surface area contributed by atoms with Crippen LogP contribution in [0, 0.1) is 5.41 Å². The lowest BCUT2D eigenvalue weighted by Gasteiger charge is -2.47. The third-order valence-electron chi connectivity index (χ3n) is 5.17.